The number of carbonyl (C=O) groups excluding carboxylic acids is 4. The number of hydrogen-bond acceptors (Lipinski definition) is 12. The van der Waals surface area contributed by atoms with Gasteiger partial charge >= 0.3 is 23.9 Å². The molecule has 2 aromatic rings. The van der Waals surface area contributed by atoms with Crippen molar-refractivity contribution in [2.45, 2.75) is 65.2 Å². The number of esters is 4. The largest absolute Gasteiger partial charge is 0.465 e. The van der Waals surface area contributed by atoms with Crippen LogP contribution in [0.5, 0.6) is 11.5 Å². The fourth-order valence-electron chi connectivity index (χ4n) is 6.24. The first-order chi connectivity index (χ1) is 24.2. The summed E-state index contributed by atoms with van der Waals surface area (Å²) < 4.78 is 21.0. The molecule has 2 saturated heterocycles. The van der Waals surface area contributed by atoms with Crippen molar-refractivity contribution in [2.75, 3.05) is 64.0 Å². The van der Waals surface area contributed by atoms with Crippen LogP contribution >= 0.6 is 21.6 Å². The van der Waals surface area contributed by atoms with E-state index in [0.29, 0.717) is 36.5 Å². The molecule has 0 atom stereocenters. The van der Waals surface area contributed by atoms with Gasteiger partial charge in [-0.05, 0) is 112 Å². The van der Waals surface area contributed by atoms with Crippen LogP contribution in [0.3, 0.4) is 0 Å². The van der Waals surface area contributed by atoms with E-state index in [0.717, 1.165) is 100 Å². The summed E-state index contributed by atoms with van der Waals surface area (Å²) in [5, 5.41) is 0. The van der Waals surface area contributed by atoms with Crippen molar-refractivity contribution in [3.05, 3.63) is 59.7 Å². The van der Waals surface area contributed by atoms with Crippen LogP contribution in [-0.4, -0.2) is 97.7 Å². The maximum absolute atomic E-state index is 12.2. The molecular weight excluding hydrogens is 677 g/mol. The number of benzene rings is 2. The van der Waals surface area contributed by atoms with Gasteiger partial charge in [0.15, 0.2) is 0 Å². The van der Waals surface area contributed by atoms with E-state index in [1.54, 1.807) is 48.5 Å². The molecule has 0 aliphatic carbocycles. The van der Waals surface area contributed by atoms with E-state index in [-0.39, 0.29) is 36.7 Å². The minimum atomic E-state index is -0.367. The molecule has 0 radical (unpaired) electrons. The number of likely N-dealkylation sites (tertiary alicyclic amines) is 2. The van der Waals surface area contributed by atoms with Gasteiger partial charge in [-0.2, -0.15) is 0 Å². The lowest BCUT2D eigenvalue weighted by Crippen LogP contribution is -2.36. The Labute approximate surface area is 304 Å². The van der Waals surface area contributed by atoms with Gasteiger partial charge < -0.3 is 28.7 Å². The van der Waals surface area contributed by atoms with E-state index in [1.807, 2.05) is 21.6 Å². The standard InChI is InChI=1S/C38H52N2O8S2/c1-29(41)47-35-7-3-33(4-8-35)27-37(43)45-23-15-31-11-17-39(18-12-31)21-25-49-50-26-22-40-19-13-32(14-20-40)16-24-46-38(44)28-34-5-9-36(10-6-34)48-30(2)42/h3-10,31-32H,11-28H2,1-2H3. The van der Waals surface area contributed by atoms with Gasteiger partial charge in [-0.1, -0.05) is 45.9 Å². The van der Waals surface area contributed by atoms with Crippen LogP contribution in [0.1, 0.15) is 63.5 Å². The van der Waals surface area contributed by atoms with Crippen LogP contribution in [0.25, 0.3) is 0 Å². The molecule has 2 fully saturated rings. The summed E-state index contributed by atoms with van der Waals surface area (Å²) in [5.41, 5.74) is 1.68. The zero-order chi connectivity index (χ0) is 35.6. The Kier molecular flexibility index (Phi) is 17.5. The van der Waals surface area contributed by atoms with Gasteiger partial charge in [0, 0.05) is 38.4 Å². The second-order valence-corrected chi connectivity index (χ2v) is 15.8. The highest BCUT2D eigenvalue weighted by Gasteiger charge is 2.21. The van der Waals surface area contributed by atoms with Gasteiger partial charge in [-0.15, -0.1) is 0 Å². The highest BCUT2D eigenvalue weighted by atomic mass is 33.1. The lowest BCUT2D eigenvalue weighted by molar-refractivity contribution is -0.144. The maximum atomic E-state index is 12.2. The third kappa shape index (κ3) is 15.9. The van der Waals surface area contributed by atoms with Crippen LogP contribution < -0.4 is 9.47 Å². The average molecular weight is 729 g/mol. The molecule has 50 heavy (non-hydrogen) atoms. The molecule has 0 amide bonds. The van der Waals surface area contributed by atoms with E-state index < -0.39 is 0 Å². The summed E-state index contributed by atoms with van der Waals surface area (Å²) in [6, 6.07) is 13.9. The van der Waals surface area contributed by atoms with Crippen LogP contribution in [0, 0.1) is 11.8 Å². The number of nitrogens with zero attached hydrogens (tertiary/aromatic N) is 2. The molecule has 2 aliphatic rings. The fourth-order valence-corrected chi connectivity index (χ4v) is 8.30. The second kappa shape index (κ2) is 22.0. The van der Waals surface area contributed by atoms with Gasteiger partial charge in [0.25, 0.3) is 0 Å². The smallest absolute Gasteiger partial charge is 0.310 e. The van der Waals surface area contributed by atoms with E-state index in [2.05, 4.69) is 9.80 Å². The zero-order valence-electron chi connectivity index (χ0n) is 29.5. The highest BCUT2D eigenvalue weighted by Crippen LogP contribution is 2.26. The predicted molar refractivity (Wildman–Crippen MR) is 197 cm³/mol. The van der Waals surface area contributed by atoms with Crippen molar-refractivity contribution in [2.24, 2.45) is 11.8 Å². The van der Waals surface area contributed by atoms with Gasteiger partial charge in [-0.3, -0.25) is 19.2 Å². The van der Waals surface area contributed by atoms with Gasteiger partial charge in [0.05, 0.1) is 26.1 Å². The highest BCUT2D eigenvalue weighted by molar-refractivity contribution is 8.76. The first kappa shape index (κ1) is 39.7. The minimum Gasteiger partial charge on any atom is -0.465 e. The van der Waals surface area contributed by atoms with Crippen LogP contribution in [0.4, 0.5) is 0 Å². The van der Waals surface area contributed by atoms with Crippen molar-refractivity contribution in [3.8, 4) is 11.5 Å². The molecule has 2 aromatic carbocycles. The van der Waals surface area contributed by atoms with E-state index in [1.165, 1.54) is 13.8 Å². The summed E-state index contributed by atoms with van der Waals surface area (Å²) in [7, 11) is 3.95. The topological polar surface area (TPSA) is 112 Å². The molecule has 10 nitrogen and oxygen atoms in total. The summed E-state index contributed by atoms with van der Waals surface area (Å²) in [6.45, 7) is 10.3. The Balaban J connectivity index is 0.936. The Morgan fingerprint density at radius 3 is 1.30 bits per heavy atom. The Bertz CT molecular complexity index is 1240. The molecule has 0 bridgehead atoms. The van der Waals surface area contributed by atoms with E-state index >= 15 is 0 Å². The van der Waals surface area contributed by atoms with Crippen molar-refractivity contribution >= 4 is 45.5 Å². The van der Waals surface area contributed by atoms with Gasteiger partial charge in [0.2, 0.25) is 0 Å². The summed E-state index contributed by atoms with van der Waals surface area (Å²) in [4.78, 5) is 51.7. The third-order valence-electron chi connectivity index (χ3n) is 9.12. The Hall–Kier alpha value is -3.06. The molecule has 2 aliphatic heterocycles. The lowest BCUT2D eigenvalue weighted by Gasteiger charge is -2.32. The van der Waals surface area contributed by atoms with Crippen molar-refractivity contribution < 1.29 is 38.1 Å². The molecule has 2 heterocycles. The summed E-state index contributed by atoms with van der Waals surface area (Å²) >= 11 is 0. The summed E-state index contributed by atoms with van der Waals surface area (Å²) in [6.07, 6.45) is 6.87. The van der Waals surface area contributed by atoms with Crippen LogP contribution in [-0.2, 0) is 41.5 Å². The quantitative estimate of drug-likeness (QED) is 0.0733. The van der Waals surface area contributed by atoms with Crippen LogP contribution in [0.15, 0.2) is 48.5 Å². The molecule has 0 saturated carbocycles. The lowest BCUT2D eigenvalue weighted by atomic mass is 9.94. The SMILES string of the molecule is CC(=O)Oc1ccc(CC(=O)OCCC2CCN(CCSSCCN3CCC(CCOC(=O)Cc4ccc(OC(C)=O)cc4)CC3)CC2)cc1. The number of carbonyl (C=O) groups is 4. The fraction of sp³-hybridized carbons (Fsp3) is 0.579. The number of piperidine rings is 2. The molecule has 274 valence electrons. The molecule has 0 unspecified atom stereocenters. The predicted octanol–water partition coefficient (Wildman–Crippen LogP) is 5.99. The number of rotatable bonds is 19. The first-order valence-corrected chi connectivity index (χ1v) is 20.3. The molecule has 4 rings (SSSR count). The average Bonchev–Trinajstić information content (AvgIpc) is 3.09. The Morgan fingerprint density at radius 1 is 0.600 bits per heavy atom. The number of ether oxygens (including phenoxy) is 4. The Morgan fingerprint density at radius 2 is 0.960 bits per heavy atom. The van der Waals surface area contributed by atoms with Crippen molar-refractivity contribution in [3.63, 3.8) is 0 Å². The van der Waals surface area contributed by atoms with E-state index in [4.69, 9.17) is 18.9 Å². The maximum Gasteiger partial charge on any atom is 0.310 e. The monoisotopic (exact) mass is 728 g/mol. The van der Waals surface area contributed by atoms with Crippen LogP contribution in [0.2, 0.25) is 0 Å². The third-order valence-corrected chi connectivity index (χ3v) is 11.5. The molecule has 12 heteroatoms. The normalized spacial score (nSPS) is 16.1. The minimum absolute atomic E-state index is 0.217. The second-order valence-electron chi connectivity index (χ2n) is 13.1. The van der Waals surface area contributed by atoms with E-state index in [9.17, 15) is 19.2 Å². The van der Waals surface area contributed by atoms with Crippen molar-refractivity contribution in [1.82, 2.24) is 9.80 Å². The van der Waals surface area contributed by atoms with Gasteiger partial charge in [0.1, 0.15) is 11.5 Å². The molecule has 0 N–H and O–H groups in total. The summed E-state index contributed by atoms with van der Waals surface area (Å²) in [5.74, 6) is 3.24. The van der Waals surface area contributed by atoms with Gasteiger partial charge in [-0.25, -0.2) is 0 Å². The zero-order valence-corrected chi connectivity index (χ0v) is 31.1. The molecular formula is C38H52N2O8S2. The molecule has 0 spiro atoms. The first-order valence-electron chi connectivity index (χ1n) is 17.8. The number of hydrogen-bond donors (Lipinski definition) is 0. The molecule has 0 aromatic heterocycles. The van der Waals surface area contributed by atoms with Crippen molar-refractivity contribution in [1.29, 1.82) is 0 Å².